The summed E-state index contributed by atoms with van der Waals surface area (Å²) in [6.07, 6.45) is -2.34. The molecule has 2 aliphatic carbocycles. The molecule has 6 atom stereocenters. The zero-order valence-electron chi connectivity index (χ0n) is 28.5. The third-order valence-corrected chi connectivity index (χ3v) is 12.4. The predicted molar refractivity (Wildman–Crippen MR) is 203 cm³/mol. The number of phenolic OH excluding ortho intramolecular Hbond substituents is 1. The molecule has 282 valence electrons. The fourth-order valence-electron chi connectivity index (χ4n) is 8.86. The number of hydrazine groups is 1. The van der Waals surface area contributed by atoms with Gasteiger partial charge in [-0.2, -0.15) is 18.2 Å². The quantitative estimate of drug-likeness (QED) is 0.114. The van der Waals surface area contributed by atoms with Crippen LogP contribution in [0.3, 0.4) is 0 Å². The standard InChI is InChI=1S/C39H28Cl2F3IN4O6/c1-55-23-10-13-30(50)27(15-23)32-24-11-12-25-31(36(53)48(34(25)51)22-8-6-21(45)7-9-22)26(24)16-28-35(52)49(37(54)38(28,32)18-2-4-20(40)5-3-18)47-33-29(41)14-19(17-46-33)39(42,43)44/h2-11,13-15,17,25-26,28,31-32,50H,12,16H2,1H3,(H,46,47). The molecule has 2 N–H and O–H groups in total. The van der Waals surface area contributed by atoms with E-state index in [1.54, 1.807) is 54.6 Å². The average Bonchev–Trinajstić information content (AvgIpc) is 3.53. The largest absolute Gasteiger partial charge is 0.508 e. The molecule has 0 spiro atoms. The van der Waals surface area contributed by atoms with Crippen molar-refractivity contribution in [3.63, 3.8) is 0 Å². The van der Waals surface area contributed by atoms with Gasteiger partial charge in [0.2, 0.25) is 11.8 Å². The first kappa shape index (κ1) is 37.3. The molecular weight excluding hydrogens is 875 g/mol. The topological polar surface area (TPSA) is 129 Å². The third-order valence-electron chi connectivity index (χ3n) is 11.2. The summed E-state index contributed by atoms with van der Waals surface area (Å²) >= 11 is 14.7. The minimum atomic E-state index is -4.76. The van der Waals surface area contributed by atoms with E-state index in [0.29, 0.717) is 44.9 Å². The Balaban J connectivity index is 1.32. The second-order valence-electron chi connectivity index (χ2n) is 13.8. The summed E-state index contributed by atoms with van der Waals surface area (Å²) in [5.74, 6) is -7.51. The van der Waals surface area contributed by atoms with Crippen LogP contribution in [0.2, 0.25) is 10.0 Å². The van der Waals surface area contributed by atoms with Crippen molar-refractivity contribution in [3.8, 4) is 11.5 Å². The van der Waals surface area contributed by atoms with Crippen LogP contribution >= 0.6 is 45.8 Å². The minimum Gasteiger partial charge on any atom is -0.508 e. The van der Waals surface area contributed by atoms with Gasteiger partial charge in [0.15, 0.2) is 5.82 Å². The molecule has 6 unspecified atom stereocenters. The van der Waals surface area contributed by atoms with E-state index in [9.17, 15) is 32.7 Å². The lowest BCUT2D eigenvalue weighted by Gasteiger charge is -2.50. The summed E-state index contributed by atoms with van der Waals surface area (Å²) in [6.45, 7) is 0. The van der Waals surface area contributed by atoms with Crippen LogP contribution in [0.4, 0.5) is 24.7 Å². The molecule has 1 saturated carbocycles. The first-order chi connectivity index (χ1) is 26.2. The lowest BCUT2D eigenvalue weighted by atomic mass is 9.49. The van der Waals surface area contributed by atoms with E-state index in [2.05, 4.69) is 33.0 Å². The number of ether oxygens (including phenoxy) is 1. The van der Waals surface area contributed by atoms with Crippen molar-refractivity contribution in [2.24, 2.45) is 23.7 Å². The van der Waals surface area contributed by atoms with Crippen LogP contribution in [0.1, 0.15) is 35.4 Å². The molecule has 8 rings (SSSR count). The number of rotatable bonds is 6. The lowest BCUT2D eigenvalue weighted by Crippen LogP contribution is -2.53. The monoisotopic (exact) mass is 902 g/mol. The van der Waals surface area contributed by atoms with Crippen LogP contribution in [0, 0.1) is 27.2 Å². The molecule has 2 saturated heterocycles. The summed E-state index contributed by atoms with van der Waals surface area (Å²) in [7, 11) is 1.43. The maximum Gasteiger partial charge on any atom is 0.417 e. The number of carbonyl (C=O) groups is 4. The van der Waals surface area contributed by atoms with Crippen molar-refractivity contribution >= 4 is 80.9 Å². The first-order valence-corrected chi connectivity index (χ1v) is 18.8. The number of aromatic nitrogens is 1. The zero-order chi connectivity index (χ0) is 39.1. The number of nitrogens with zero attached hydrogens (tertiary/aromatic N) is 3. The fourth-order valence-corrected chi connectivity index (χ4v) is 9.56. The summed E-state index contributed by atoms with van der Waals surface area (Å²) in [4.78, 5) is 63.6. The van der Waals surface area contributed by atoms with Crippen molar-refractivity contribution in [1.29, 1.82) is 0 Å². The number of halogens is 6. The Hall–Kier alpha value is -4.67. The van der Waals surface area contributed by atoms with Crippen molar-refractivity contribution in [2.75, 3.05) is 17.4 Å². The summed E-state index contributed by atoms with van der Waals surface area (Å²) in [5.41, 5.74) is 1.17. The molecular formula is C39H28Cl2F3IN4O6. The van der Waals surface area contributed by atoms with E-state index in [4.69, 9.17) is 27.9 Å². The Morgan fingerprint density at radius 1 is 0.945 bits per heavy atom. The molecule has 0 bridgehead atoms. The Bertz CT molecular complexity index is 2330. The summed E-state index contributed by atoms with van der Waals surface area (Å²) in [6, 6.07) is 18.4. The number of fused-ring (bicyclic) bond motifs is 4. The van der Waals surface area contributed by atoms with Gasteiger partial charge in [-0.15, -0.1) is 0 Å². The van der Waals surface area contributed by atoms with Gasteiger partial charge >= 0.3 is 6.18 Å². The highest BCUT2D eigenvalue weighted by atomic mass is 127. The first-order valence-electron chi connectivity index (χ1n) is 17.0. The van der Waals surface area contributed by atoms with E-state index in [1.807, 2.05) is 6.08 Å². The van der Waals surface area contributed by atoms with Crippen molar-refractivity contribution in [3.05, 3.63) is 121 Å². The smallest absolute Gasteiger partial charge is 0.417 e. The second-order valence-corrected chi connectivity index (χ2v) is 15.9. The molecule has 1 aromatic heterocycles. The van der Waals surface area contributed by atoms with Crippen LogP contribution in [-0.2, 0) is 30.8 Å². The molecule has 3 heterocycles. The highest BCUT2D eigenvalue weighted by molar-refractivity contribution is 14.1. The summed E-state index contributed by atoms with van der Waals surface area (Å²) < 4.78 is 46.9. The van der Waals surface area contributed by atoms with E-state index in [0.717, 1.165) is 3.57 Å². The Morgan fingerprint density at radius 2 is 1.65 bits per heavy atom. The Labute approximate surface area is 335 Å². The van der Waals surface area contributed by atoms with Gasteiger partial charge in [0.1, 0.15) is 11.5 Å². The van der Waals surface area contributed by atoms with Crippen LogP contribution in [0.25, 0.3) is 0 Å². The number of carbonyl (C=O) groups excluding carboxylic acids is 4. The molecule has 0 radical (unpaired) electrons. The number of amides is 4. The van der Waals surface area contributed by atoms with E-state index in [-0.39, 0.29) is 35.9 Å². The Morgan fingerprint density at radius 3 is 2.31 bits per heavy atom. The average molecular weight is 903 g/mol. The van der Waals surface area contributed by atoms with E-state index >= 15 is 4.79 Å². The predicted octanol–water partition coefficient (Wildman–Crippen LogP) is 7.92. The number of nitrogens with one attached hydrogen (secondary N) is 1. The zero-order valence-corrected chi connectivity index (χ0v) is 32.2. The van der Waals surface area contributed by atoms with E-state index in [1.165, 1.54) is 24.1 Å². The molecule has 4 aliphatic rings. The molecule has 10 nitrogen and oxygen atoms in total. The number of phenols is 1. The normalized spacial score (nSPS) is 26.1. The van der Waals surface area contributed by atoms with Gasteiger partial charge < -0.3 is 9.84 Å². The Kier molecular flexibility index (Phi) is 9.16. The van der Waals surface area contributed by atoms with Gasteiger partial charge in [0.05, 0.1) is 46.6 Å². The minimum absolute atomic E-state index is 0.0761. The third kappa shape index (κ3) is 5.77. The van der Waals surface area contributed by atoms with Gasteiger partial charge in [0.25, 0.3) is 11.8 Å². The molecule has 16 heteroatoms. The number of aromatic hydroxyl groups is 1. The van der Waals surface area contributed by atoms with Crippen molar-refractivity contribution in [2.45, 2.75) is 30.4 Å². The van der Waals surface area contributed by atoms with Gasteiger partial charge in [-0.25, -0.2) is 4.98 Å². The van der Waals surface area contributed by atoms with Crippen LogP contribution in [0.5, 0.6) is 11.5 Å². The highest BCUT2D eigenvalue weighted by Crippen LogP contribution is 2.65. The van der Waals surface area contributed by atoms with Crippen LogP contribution in [-0.4, -0.2) is 45.8 Å². The number of anilines is 2. The molecule has 4 aromatic rings. The van der Waals surface area contributed by atoms with E-state index < -0.39 is 69.5 Å². The highest BCUT2D eigenvalue weighted by Gasteiger charge is 2.70. The number of alkyl halides is 3. The number of hydrogen-bond acceptors (Lipinski definition) is 8. The van der Waals surface area contributed by atoms with Gasteiger partial charge in [-0.05, 0) is 108 Å². The van der Waals surface area contributed by atoms with Crippen molar-refractivity contribution < 1.29 is 42.2 Å². The number of benzene rings is 3. The SMILES string of the molecule is COc1ccc(O)c(C2C3=CCC4C(=O)N(c5ccc(I)cc5)C(=O)C4C3CC3C(=O)N(Nc4ncc(C(F)(F)F)cc4Cl)C(=O)C32c2ccc(Cl)cc2)c1. The number of pyridine rings is 1. The van der Waals surface area contributed by atoms with Crippen LogP contribution in [0.15, 0.2) is 90.6 Å². The molecule has 2 aliphatic heterocycles. The van der Waals surface area contributed by atoms with Crippen LogP contribution < -0.4 is 15.1 Å². The van der Waals surface area contributed by atoms with Gasteiger partial charge in [0, 0.05) is 26.3 Å². The maximum atomic E-state index is 15.3. The number of allylic oxidation sites excluding steroid dienone is 2. The van der Waals surface area contributed by atoms with Gasteiger partial charge in [-0.3, -0.25) is 29.5 Å². The number of methoxy groups -OCH3 is 1. The second kappa shape index (κ2) is 13.5. The molecule has 3 fully saturated rings. The maximum absolute atomic E-state index is 15.3. The lowest BCUT2D eigenvalue weighted by molar-refractivity contribution is -0.139. The van der Waals surface area contributed by atoms with Gasteiger partial charge in [-0.1, -0.05) is 47.0 Å². The fraction of sp³-hybridized carbons (Fsp3) is 0.256. The number of imide groups is 2. The summed E-state index contributed by atoms with van der Waals surface area (Å²) in [5, 5.41) is 12.1. The molecule has 55 heavy (non-hydrogen) atoms. The molecule has 4 amide bonds. The molecule has 3 aromatic carbocycles. The van der Waals surface area contributed by atoms with Crippen molar-refractivity contribution in [1.82, 2.24) is 9.99 Å². The number of hydrogen-bond donors (Lipinski definition) is 2.